The lowest BCUT2D eigenvalue weighted by Gasteiger charge is -2.11. The lowest BCUT2D eigenvalue weighted by Crippen LogP contribution is -2.17. The van der Waals surface area contributed by atoms with Crippen LogP contribution in [-0.2, 0) is 20.5 Å². The average molecular weight is 356 g/mol. The summed E-state index contributed by atoms with van der Waals surface area (Å²) in [6, 6.07) is 3.09. The zero-order valence-corrected chi connectivity index (χ0v) is 13.1. The minimum absolute atomic E-state index is 0.00429. The van der Waals surface area contributed by atoms with Crippen molar-refractivity contribution < 1.29 is 27.5 Å². The fourth-order valence-corrected chi connectivity index (χ4v) is 2.28. The average Bonchev–Trinajstić information content (AvgIpc) is 2.40. The molecule has 0 radical (unpaired) electrons. The zero-order chi connectivity index (χ0) is 16.8. The highest BCUT2D eigenvalue weighted by Gasteiger charge is 2.33. The van der Waals surface area contributed by atoms with Gasteiger partial charge in [-0.2, -0.15) is 13.2 Å². The minimum atomic E-state index is -4.60. The third-order valence-electron chi connectivity index (χ3n) is 2.31. The van der Waals surface area contributed by atoms with Gasteiger partial charge in [0, 0.05) is 5.69 Å². The number of thioether (sulfide) groups is 1. The van der Waals surface area contributed by atoms with E-state index < -0.39 is 28.6 Å². The van der Waals surface area contributed by atoms with Gasteiger partial charge < -0.3 is 10.1 Å². The first-order valence-corrected chi connectivity index (χ1v) is 7.67. The van der Waals surface area contributed by atoms with Gasteiger partial charge in [-0.3, -0.25) is 9.59 Å². The van der Waals surface area contributed by atoms with E-state index in [4.69, 9.17) is 11.6 Å². The molecule has 0 unspecified atom stereocenters. The first kappa shape index (κ1) is 18.6. The van der Waals surface area contributed by atoms with Crippen LogP contribution in [0.15, 0.2) is 18.2 Å². The van der Waals surface area contributed by atoms with Crippen molar-refractivity contribution in [1.82, 2.24) is 0 Å². The van der Waals surface area contributed by atoms with E-state index in [0.717, 1.165) is 23.9 Å². The Kier molecular flexibility index (Phi) is 7.02. The molecule has 1 rings (SSSR count). The summed E-state index contributed by atoms with van der Waals surface area (Å²) < 4.78 is 42.7. The molecule has 4 nitrogen and oxygen atoms in total. The van der Waals surface area contributed by atoms with E-state index in [1.54, 1.807) is 6.92 Å². The van der Waals surface area contributed by atoms with Gasteiger partial charge in [0.05, 0.1) is 28.7 Å². The normalized spacial score (nSPS) is 11.1. The molecule has 0 aliphatic rings. The van der Waals surface area contributed by atoms with Gasteiger partial charge in [-0.15, -0.1) is 11.8 Å². The second kappa shape index (κ2) is 8.28. The molecule has 22 heavy (non-hydrogen) atoms. The SMILES string of the molecule is CCOC(=O)CSCC(=O)Nc1ccc(Cl)c(C(F)(F)F)c1. The molecule has 1 aromatic carbocycles. The van der Waals surface area contributed by atoms with Crippen LogP contribution in [0.3, 0.4) is 0 Å². The molecule has 0 heterocycles. The summed E-state index contributed by atoms with van der Waals surface area (Å²) in [5.41, 5.74) is -1.04. The summed E-state index contributed by atoms with van der Waals surface area (Å²) in [5, 5.41) is 1.87. The largest absolute Gasteiger partial charge is 0.465 e. The fraction of sp³-hybridized carbons (Fsp3) is 0.385. The standard InChI is InChI=1S/C13H13ClF3NO3S/c1-2-21-12(20)7-22-6-11(19)18-8-3-4-10(14)9(5-8)13(15,16)17/h3-5H,2,6-7H2,1H3,(H,18,19). The van der Waals surface area contributed by atoms with Crippen molar-refractivity contribution in [2.24, 2.45) is 0 Å². The lowest BCUT2D eigenvalue weighted by molar-refractivity contribution is -0.140. The van der Waals surface area contributed by atoms with E-state index in [1.807, 2.05) is 0 Å². The third kappa shape index (κ3) is 6.15. The number of hydrogen-bond acceptors (Lipinski definition) is 4. The number of amides is 1. The number of hydrogen-bond donors (Lipinski definition) is 1. The maximum Gasteiger partial charge on any atom is 0.417 e. The molecular formula is C13H13ClF3NO3S. The number of carbonyl (C=O) groups excluding carboxylic acids is 2. The lowest BCUT2D eigenvalue weighted by atomic mass is 10.2. The van der Waals surface area contributed by atoms with Crippen LogP contribution in [0.4, 0.5) is 18.9 Å². The van der Waals surface area contributed by atoms with Crippen LogP contribution in [0.5, 0.6) is 0 Å². The molecule has 0 aliphatic heterocycles. The quantitative estimate of drug-likeness (QED) is 0.792. The highest BCUT2D eigenvalue weighted by Crippen LogP contribution is 2.36. The topological polar surface area (TPSA) is 55.4 Å². The summed E-state index contributed by atoms with van der Waals surface area (Å²) in [5.74, 6) is -1.06. The molecule has 1 N–H and O–H groups in total. The number of benzene rings is 1. The van der Waals surface area contributed by atoms with Crippen molar-refractivity contribution in [3.8, 4) is 0 Å². The van der Waals surface area contributed by atoms with Crippen molar-refractivity contribution in [3.63, 3.8) is 0 Å². The smallest absolute Gasteiger partial charge is 0.417 e. The molecular weight excluding hydrogens is 343 g/mol. The molecule has 0 spiro atoms. The second-order valence-electron chi connectivity index (χ2n) is 4.04. The first-order chi connectivity index (χ1) is 10.2. The van der Waals surface area contributed by atoms with Crippen molar-refractivity contribution >= 4 is 40.9 Å². The van der Waals surface area contributed by atoms with Gasteiger partial charge in [0.1, 0.15) is 0 Å². The van der Waals surface area contributed by atoms with Crippen LogP contribution in [0, 0.1) is 0 Å². The van der Waals surface area contributed by atoms with E-state index in [9.17, 15) is 22.8 Å². The van der Waals surface area contributed by atoms with Gasteiger partial charge in [0.25, 0.3) is 0 Å². The van der Waals surface area contributed by atoms with Gasteiger partial charge in [0.15, 0.2) is 0 Å². The number of halogens is 4. The summed E-state index contributed by atoms with van der Waals surface area (Å²) in [6.45, 7) is 1.91. The molecule has 0 aliphatic carbocycles. The van der Waals surface area contributed by atoms with Gasteiger partial charge in [-0.25, -0.2) is 0 Å². The molecule has 1 aromatic rings. The number of carbonyl (C=O) groups is 2. The molecule has 1 amide bonds. The number of rotatable bonds is 6. The van der Waals surface area contributed by atoms with Crippen LogP contribution < -0.4 is 5.32 Å². The Morgan fingerprint density at radius 2 is 2.00 bits per heavy atom. The summed E-state index contributed by atoms with van der Waals surface area (Å²) in [6.07, 6.45) is -4.60. The van der Waals surface area contributed by atoms with Gasteiger partial charge >= 0.3 is 12.1 Å². The van der Waals surface area contributed by atoms with E-state index >= 15 is 0 Å². The van der Waals surface area contributed by atoms with E-state index in [2.05, 4.69) is 10.1 Å². The monoisotopic (exact) mass is 355 g/mol. The predicted octanol–water partition coefficient (Wildman–Crippen LogP) is 3.59. The van der Waals surface area contributed by atoms with Gasteiger partial charge in [0.2, 0.25) is 5.91 Å². The second-order valence-corrected chi connectivity index (χ2v) is 5.43. The Morgan fingerprint density at radius 3 is 2.59 bits per heavy atom. The highest BCUT2D eigenvalue weighted by molar-refractivity contribution is 8.00. The molecule has 0 saturated carbocycles. The number of alkyl halides is 3. The number of nitrogens with one attached hydrogen (secondary N) is 1. The molecule has 122 valence electrons. The van der Waals surface area contributed by atoms with Crippen LogP contribution in [0.1, 0.15) is 12.5 Å². The van der Waals surface area contributed by atoms with Crippen LogP contribution >= 0.6 is 23.4 Å². The Hall–Kier alpha value is -1.41. The molecule has 0 bridgehead atoms. The Bertz CT molecular complexity index is 552. The van der Waals surface area contributed by atoms with Crippen LogP contribution in [-0.4, -0.2) is 30.0 Å². The van der Waals surface area contributed by atoms with Crippen LogP contribution in [0.25, 0.3) is 0 Å². The number of anilines is 1. The predicted molar refractivity (Wildman–Crippen MR) is 79.0 cm³/mol. The zero-order valence-electron chi connectivity index (χ0n) is 11.5. The maximum absolute atomic E-state index is 12.7. The Morgan fingerprint density at radius 1 is 1.32 bits per heavy atom. The Labute approximate surface area is 134 Å². The maximum atomic E-state index is 12.7. The third-order valence-corrected chi connectivity index (χ3v) is 3.55. The summed E-state index contributed by atoms with van der Waals surface area (Å²) in [4.78, 5) is 22.7. The first-order valence-electron chi connectivity index (χ1n) is 6.14. The minimum Gasteiger partial charge on any atom is -0.465 e. The number of esters is 1. The number of ether oxygens (including phenoxy) is 1. The molecule has 0 atom stereocenters. The highest BCUT2D eigenvalue weighted by atomic mass is 35.5. The summed E-state index contributed by atoms with van der Waals surface area (Å²) >= 11 is 6.48. The molecule has 0 saturated heterocycles. The molecule has 0 aromatic heterocycles. The van der Waals surface area contributed by atoms with Crippen molar-refractivity contribution in [2.45, 2.75) is 13.1 Å². The molecule has 9 heteroatoms. The van der Waals surface area contributed by atoms with Crippen molar-refractivity contribution in [3.05, 3.63) is 28.8 Å². The van der Waals surface area contributed by atoms with Gasteiger partial charge in [-0.1, -0.05) is 11.6 Å². The van der Waals surface area contributed by atoms with Crippen molar-refractivity contribution in [2.75, 3.05) is 23.4 Å². The summed E-state index contributed by atoms with van der Waals surface area (Å²) in [7, 11) is 0. The van der Waals surface area contributed by atoms with E-state index in [-0.39, 0.29) is 23.8 Å². The van der Waals surface area contributed by atoms with E-state index in [1.165, 1.54) is 6.07 Å². The van der Waals surface area contributed by atoms with Crippen LogP contribution in [0.2, 0.25) is 5.02 Å². The van der Waals surface area contributed by atoms with Crippen molar-refractivity contribution in [1.29, 1.82) is 0 Å². The fourth-order valence-electron chi connectivity index (χ4n) is 1.45. The van der Waals surface area contributed by atoms with Gasteiger partial charge in [-0.05, 0) is 25.1 Å². The van der Waals surface area contributed by atoms with E-state index in [0.29, 0.717) is 0 Å². The molecule has 0 fully saturated rings. The Balaban J connectivity index is 2.57.